The van der Waals surface area contributed by atoms with Crippen LogP contribution in [-0.2, 0) is 0 Å². The van der Waals surface area contributed by atoms with Gasteiger partial charge in [-0.25, -0.2) is 9.97 Å². The second-order valence-electron chi connectivity index (χ2n) is 6.06. The Balaban J connectivity index is 1.60. The van der Waals surface area contributed by atoms with Gasteiger partial charge in [0.15, 0.2) is 0 Å². The van der Waals surface area contributed by atoms with Gasteiger partial charge in [-0.05, 0) is 38.8 Å². The van der Waals surface area contributed by atoms with E-state index in [1.165, 1.54) is 0 Å². The van der Waals surface area contributed by atoms with Crippen molar-refractivity contribution in [1.82, 2.24) is 20.3 Å². The molecule has 0 saturated carbocycles. The largest absolute Gasteiger partial charge is 0.356 e. The van der Waals surface area contributed by atoms with Gasteiger partial charge in [-0.2, -0.15) is 0 Å². The van der Waals surface area contributed by atoms with Gasteiger partial charge < -0.3 is 15.2 Å². The van der Waals surface area contributed by atoms with Crippen molar-refractivity contribution in [3.63, 3.8) is 0 Å². The molecular weight excluding hydrogens is 322 g/mol. The minimum atomic E-state index is -0.107. The summed E-state index contributed by atoms with van der Waals surface area (Å²) >= 11 is 5.16. The van der Waals surface area contributed by atoms with Crippen LogP contribution in [0.15, 0.2) is 24.4 Å². The normalized spacial score (nSPS) is 15.3. The number of nitrogens with one attached hydrogen (secondary N) is 2. The first-order chi connectivity index (χ1) is 11.5. The molecule has 1 saturated heterocycles. The molecule has 2 aromatic heterocycles. The van der Waals surface area contributed by atoms with E-state index in [0.717, 1.165) is 43.3 Å². The van der Waals surface area contributed by atoms with Crippen molar-refractivity contribution >= 4 is 23.9 Å². The molecule has 2 N–H and O–H groups in total. The number of H-pyrrole nitrogens is 1. The van der Waals surface area contributed by atoms with Gasteiger partial charge in [0.05, 0.1) is 5.56 Å². The molecule has 0 radical (unpaired) electrons. The monoisotopic (exact) mass is 343 g/mol. The highest BCUT2D eigenvalue weighted by Crippen LogP contribution is 2.19. The fourth-order valence-corrected chi connectivity index (χ4v) is 3.20. The fourth-order valence-electron chi connectivity index (χ4n) is 2.98. The molecule has 0 aliphatic carbocycles. The van der Waals surface area contributed by atoms with Gasteiger partial charge in [-0.3, -0.25) is 4.79 Å². The summed E-state index contributed by atoms with van der Waals surface area (Å²) in [5, 5.41) is 3.09. The van der Waals surface area contributed by atoms with Crippen molar-refractivity contribution in [2.45, 2.75) is 32.7 Å². The Morgan fingerprint density at radius 1 is 1.33 bits per heavy atom. The predicted molar refractivity (Wildman–Crippen MR) is 95.8 cm³/mol. The van der Waals surface area contributed by atoms with Crippen molar-refractivity contribution in [2.75, 3.05) is 18.0 Å². The third-order valence-corrected chi connectivity index (χ3v) is 4.51. The molecular formula is C17H21N5OS. The lowest BCUT2D eigenvalue weighted by atomic mass is 10.0. The highest BCUT2D eigenvalue weighted by Gasteiger charge is 2.22. The molecule has 0 aromatic carbocycles. The number of carbonyl (C=O) groups excluding carboxylic acids is 1. The number of nitrogens with zero attached hydrogens (tertiary/aromatic N) is 3. The second-order valence-corrected chi connectivity index (χ2v) is 6.47. The molecule has 24 heavy (non-hydrogen) atoms. The average molecular weight is 343 g/mol. The number of aromatic amines is 1. The van der Waals surface area contributed by atoms with Crippen molar-refractivity contribution in [2.24, 2.45) is 0 Å². The van der Waals surface area contributed by atoms with Crippen LogP contribution in [0.2, 0.25) is 0 Å². The van der Waals surface area contributed by atoms with Gasteiger partial charge in [-0.1, -0.05) is 12.2 Å². The van der Waals surface area contributed by atoms with Gasteiger partial charge in [0, 0.05) is 37.1 Å². The summed E-state index contributed by atoms with van der Waals surface area (Å²) in [7, 11) is 0. The molecule has 126 valence electrons. The number of hydrogen-bond acceptors (Lipinski definition) is 5. The molecule has 0 unspecified atom stereocenters. The number of aryl methyl sites for hydroxylation is 2. The molecule has 7 heteroatoms. The molecule has 2 aromatic rings. The van der Waals surface area contributed by atoms with Gasteiger partial charge >= 0.3 is 0 Å². The van der Waals surface area contributed by atoms with Crippen LogP contribution in [0.4, 0.5) is 5.82 Å². The smallest absolute Gasteiger partial charge is 0.254 e. The fraction of sp³-hybridized carbons (Fsp3) is 0.412. The molecule has 1 aliphatic rings. The lowest BCUT2D eigenvalue weighted by Gasteiger charge is -2.33. The van der Waals surface area contributed by atoms with E-state index in [1.54, 1.807) is 18.3 Å². The topological polar surface area (TPSA) is 73.9 Å². The van der Waals surface area contributed by atoms with E-state index in [-0.39, 0.29) is 11.9 Å². The Labute approximate surface area is 146 Å². The third kappa shape index (κ3) is 3.79. The number of carbonyl (C=O) groups is 1. The van der Waals surface area contributed by atoms with E-state index >= 15 is 0 Å². The number of amides is 1. The maximum Gasteiger partial charge on any atom is 0.254 e. The number of piperidine rings is 1. The molecule has 0 bridgehead atoms. The van der Waals surface area contributed by atoms with Crippen molar-refractivity contribution in [3.05, 3.63) is 46.1 Å². The Morgan fingerprint density at radius 2 is 2.08 bits per heavy atom. The van der Waals surface area contributed by atoms with Crippen molar-refractivity contribution in [3.8, 4) is 0 Å². The van der Waals surface area contributed by atoms with Crippen molar-refractivity contribution < 1.29 is 4.79 Å². The Morgan fingerprint density at radius 3 is 2.75 bits per heavy atom. The maximum atomic E-state index is 12.3. The van der Waals surface area contributed by atoms with Crippen LogP contribution in [0.3, 0.4) is 0 Å². The first kappa shape index (κ1) is 16.6. The minimum Gasteiger partial charge on any atom is -0.356 e. The molecule has 3 rings (SSSR count). The van der Waals surface area contributed by atoms with E-state index in [2.05, 4.69) is 25.2 Å². The molecule has 3 heterocycles. The molecule has 0 atom stereocenters. The van der Waals surface area contributed by atoms with E-state index in [0.29, 0.717) is 10.2 Å². The second kappa shape index (κ2) is 7.09. The minimum absolute atomic E-state index is 0.107. The number of rotatable bonds is 3. The Bertz CT molecular complexity index is 775. The average Bonchev–Trinajstić information content (AvgIpc) is 2.55. The quantitative estimate of drug-likeness (QED) is 0.838. The lowest BCUT2D eigenvalue weighted by Crippen LogP contribution is -2.45. The van der Waals surface area contributed by atoms with Gasteiger partial charge in [0.25, 0.3) is 5.91 Å². The van der Waals surface area contributed by atoms with Crippen LogP contribution in [0.1, 0.15) is 34.7 Å². The van der Waals surface area contributed by atoms with Crippen LogP contribution in [0, 0.1) is 18.5 Å². The van der Waals surface area contributed by atoms with Crippen molar-refractivity contribution in [1.29, 1.82) is 0 Å². The standard InChI is InChI=1S/C17H21N5OS/c1-11-10-15(20-12(2)19-11)22-8-5-13(6-9-22)21-16(23)14-4-3-7-18-17(14)24/h3-4,7,10,13H,5-6,8-9H2,1-2H3,(H,18,24)(H,21,23). The van der Waals surface area contributed by atoms with Crippen LogP contribution >= 0.6 is 12.2 Å². The molecule has 1 fully saturated rings. The predicted octanol–water partition coefficient (Wildman–Crippen LogP) is 2.55. The zero-order valence-corrected chi connectivity index (χ0v) is 14.7. The number of anilines is 1. The van der Waals surface area contributed by atoms with E-state index in [1.807, 2.05) is 19.9 Å². The highest BCUT2D eigenvalue weighted by molar-refractivity contribution is 7.71. The summed E-state index contributed by atoms with van der Waals surface area (Å²) in [6.07, 6.45) is 3.50. The molecule has 1 amide bonds. The molecule has 6 nitrogen and oxygen atoms in total. The summed E-state index contributed by atoms with van der Waals surface area (Å²) in [6.45, 7) is 5.62. The Hall–Kier alpha value is -2.28. The SMILES string of the molecule is Cc1cc(N2CCC(NC(=O)c3ccc[nH]c3=S)CC2)nc(C)n1. The lowest BCUT2D eigenvalue weighted by molar-refractivity contribution is 0.0930. The number of aromatic nitrogens is 3. The summed E-state index contributed by atoms with van der Waals surface area (Å²) in [5.74, 6) is 1.65. The number of hydrogen-bond donors (Lipinski definition) is 2. The molecule has 0 spiro atoms. The zero-order chi connectivity index (χ0) is 17.1. The van der Waals surface area contributed by atoms with E-state index in [4.69, 9.17) is 12.2 Å². The third-order valence-electron chi connectivity index (χ3n) is 4.17. The van der Waals surface area contributed by atoms with Gasteiger partial charge in [-0.15, -0.1) is 0 Å². The van der Waals surface area contributed by atoms with Crippen LogP contribution in [0.5, 0.6) is 0 Å². The highest BCUT2D eigenvalue weighted by atomic mass is 32.1. The summed E-state index contributed by atoms with van der Waals surface area (Å²) in [4.78, 5) is 26.3. The van der Waals surface area contributed by atoms with Crippen LogP contribution in [0.25, 0.3) is 0 Å². The van der Waals surface area contributed by atoms with E-state index in [9.17, 15) is 4.79 Å². The summed E-state index contributed by atoms with van der Waals surface area (Å²) < 4.78 is 0.472. The maximum absolute atomic E-state index is 12.3. The number of pyridine rings is 1. The molecule has 1 aliphatic heterocycles. The first-order valence-corrected chi connectivity index (χ1v) is 8.49. The Kier molecular flexibility index (Phi) is 4.89. The first-order valence-electron chi connectivity index (χ1n) is 8.09. The summed E-state index contributed by atoms with van der Waals surface area (Å²) in [5.41, 5.74) is 1.50. The zero-order valence-electron chi connectivity index (χ0n) is 13.9. The summed E-state index contributed by atoms with van der Waals surface area (Å²) in [6, 6.07) is 5.70. The van der Waals surface area contributed by atoms with Crippen LogP contribution in [-0.4, -0.2) is 40.0 Å². The van der Waals surface area contributed by atoms with Gasteiger partial charge in [0.2, 0.25) is 0 Å². The van der Waals surface area contributed by atoms with Gasteiger partial charge in [0.1, 0.15) is 16.3 Å². The van der Waals surface area contributed by atoms with Crippen LogP contribution < -0.4 is 10.2 Å². The van der Waals surface area contributed by atoms with E-state index < -0.39 is 0 Å².